The van der Waals surface area contributed by atoms with E-state index in [1.807, 2.05) is 0 Å². The van der Waals surface area contributed by atoms with Gasteiger partial charge >= 0.3 is 6.18 Å². The first-order valence-corrected chi connectivity index (χ1v) is 4.90. The van der Waals surface area contributed by atoms with Gasteiger partial charge < -0.3 is 10.8 Å². The molecule has 1 aromatic rings. The van der Waals surface area contributed by atoms with Crippen molar-refractivity contribution in [2.24, 2.45) is 5.73 Å². The Morgan fingerprint density at radius 3 is 2.47 bits per heavy atom. The standard InChI is InChI=1S/C9H9BrF3NO/c10-7-2-1-5(9(11,12)13)3-6(7)8(15)4-14/h1-3,8,15H,4,14H2/t8-/m0/s1. The van der Waals surface area contributed by atoms with Crippen LogP contribution in [0.5, 0.6) is 0 Å². The highest BCUT2D eigenvalue weighted by atomic mass is 79.9. The van der Waals surface area contributed by atoms with Crippen LogP contribution in [0.3, 0.4) is 0 Å². The van der Waals surface area contributed by atoms with E-state index < -0.39 is 17.8 Å². The van der Waals surface area contributed by atoms with Crippen molar-refractivity contribution in [3.8, 4) is 0 Å². The van der Waals surface area contributed by atoms with E-state index >= 15 is 0 Å². The monoisotopic (exact) mass is 283 g/mol. The highest BCUT2D eigenvalue weighted by molar-refractivity contribution is 9.10. The summed E-state index contributed by atoms with van der Waals surface area (Å²) in [6.07, 6.45) is -5.51. The number of aliphatic hydroxyl groups is 1. The lowest BCUT2D eigenvalue weighted by atomic mass is 10.1. The average Bonchev–Trinajstić information content (AvgIpc) is 2.15. The molecule has 1 rings (SSSR count). The van der Waals surface area contributed by atoms with E-state index in [-0.39, 0.29) is 12.1 Å². The molecule has 0 aliphatic heterocycles. The third-order valence-electron chi connectivity index (χ3n) is 1.91. The summed E-state index contributed by atoms with van der Waals surface area (Å²) in [7, 11) is 0. The van der Waals surface area contributed by atoms with Gasteiger partial charge in [-0.25, -0.2) is 0 Å². The van der Waals surface area contributed by atoms with Gasteiger partial charge in [-0.1, -0.05) is 15.9 Å². The first kappa shape index (κ1) is 12.5. The molecule has 3 N–H and O–H groups in total. The predicted octanol–water partition coefficient (Wildman–Crippen LogP) is 2.46. The lowest BCUT2D eigenvalue weighted by molar-refractivity contribution is -0.137. The fourth-order valence-corrected chi connectivity index (χ4v) is 1.61. The topological polar surface area (TPSA) is 46.2 Å². The van der Waals surface area contributed by atoms with Crippen LogP contribution in [-0.2, 0) is 6.18 Å². The molecule has 0 amide bonds. The summed E-state index contributed by atoms with van der Waals surface area (Å²) in [5, 5.41) is 9.38. The molecule has 2 nitrogen and oxygen atoms in total. The second-order valence-corrected chi connectivity index (χ2v) is 3.84. The Labute approximate surface area is 93.0 Å². The Kier molecular flexibility index (Phi) is 3.75. The molecule has 6 heteroatoms. The molecule has 0 spiro atoms. The third-order valence-corrected chi connectivity index (χ3v) is 2.63. The summed E-state index contributed by atoms with van der Waals surface area (Å²) < 4.78 is 37.4. The number of nitrogens with two attached hydrogens (primary N) is 1. The summed E-state index contributed by atoms with van der Waals surface area (Å²) in [5.41, 5.74) is 4.53. The lowest BCUT2D eigenvalue weighted by Gasteiger charge is -2.13. The Morgan fingerprint density at radius 1 is 1.40 bits per heavy atom. The van der Waals surface area contributed by atoms with Gasteiger partial charge in [0.25, 0.3) is 0 Å². The van der Waals surface area contributed by atoms with Crippen LogP contribution in [0.4, 0.5) is 13.2 Å². The van der Waals surface area contributed by atoms with Crippen molar-refractivity contribution < 1.29 is 18.3 Å². The first-order chi connectivity index (χ1) is 6.86. The van der Waals surface area contributed by atoms with E-state index in [0.29, 0.717) is 4.47 Å². The SMILES string of the molecule is NC[C@H](O)c1cc(C(F)(F)F)ccc1Br. The van der Waals surface area contributed by atoms with Crippen molar-refractivity contribution >= 4 is 15.9 Å². The zero-order valence-corrected chi connectivity index (χ0v) is 9.14. The quantitative estimate of drug-likeness (QED) is 0.876. The molecule has 0 saturated carbocycles. The van der Waals surface area contributed by atoms with E-state index in [9.17, 15) is 18.3 Å². The van der Waals surface area contributed by atoms with Crippen LogP contribution < -0.4 is 5.73 Å². The Bertz CT molecular complexity index is 354. The van der Waals surface area contributed by atoms with Gasteiger partial charge in [-0.05, 0) is 23.8 Å². The number of alkyl halides is 3. The van der Waals surface area contributed by atoms with E-state index in [0.717, 1.165) is 12.1 Å². The molecule has 1 atom stereocenters. The van der Waals surface area contributed by atoms with Crippen molar-refractivity contribution in [2.45, 2.75) is 12.3 Å². The summed E-state index contributed by atoms with van der Waals surface area (Å²) in [6.45, 7) is -0.125. The van der Waals surface area contributed by atoms with Gasteiger partial charge in [0.05, 0.1) is 11.7 Å². The maximum atomic E-state index is 12.3. The predicted molar refractivity (Wildman–Crippen MR) is 53.2 cm³/mol. The van der Waals surface area contributed by atoms with Gasteiger partial charge in [-0.3, -0.25) is 0 Å². The Balaban J connectivity index is 3.17. The van der Waals surface area contributed by atoms with Crippen LogP contribution in [0, 0.1) is 0 Å². The van der Waals surface area contributed by atoms with E-state index in [1.165, 1.54) is 6.07 Å². The lowest BCUT2D eigenvalue weighted by Crippen LogP contribution is -2.14. The van der Waals surface area contributed by atoms with Crippen LogP contribution in [-0.4, -0.2) is 11.7 Å². The van der Waals surface area contributed by atoms with Crippen LogP contribution in [0.2, 0.25) is 0 Å². The summed E-state index contributed by atoms with van der Waals surface area (Å²) >= 11 is 3.06. The molecule has 1 aromatic carbocycles. The van der Waals surface area contributed by atoms with Crippen LogP contribution in [0.1, 0.15) is 17.2 Å². The van der Waals surface area contributed by atoms with Crippen molar-refractivity contribution in [3.05, 3.63) is 33.8 Å². The minimum absolute atomic E-state index is 0.125. The largest absolute Gasteiger partial charge is 0.416 e. The number of aliphatic hydroxyl groups excluding tert-OH is 1. The van der Waals surface area contributed by atoms with Crippen LogP contribution in [0.25, 0.3) is 0 Å². The summed E-state index contributed by atoms with van der Waals surface area (Å²) in [4.78, 5) is 0. The second kappa shape index (κ2) is 4.51. The van der Waals surface area contributed by atoms with Crippen molar-refractivity contribution in [1.29, 1.82) is 0 Å². The average molecular weight is 284 g/mol. The molecule has 0 aromatic heterocycles. The maximum Gasteiger partial charge on any atom is 0.416 e. The molecular formula is C9H9BrF3NO. The highest BCUT2D eigenvalue weighted by Crippen LogP contribution is 2.33. The van der Waals surface area contributed by atoms with Crippen LogP contribution >= 0.6 is 15.9 Å². The molecule has 0 fully saturated rings. The molecule has 0 aliphatic rings. The molecule has 0 heterocycles. The molecule has 0 aliphatic carbocycles. The number of benzene rings is 1. The fourth-order valence-electron chi connectivity index (χ4n) is 1.10. The van der Waals surface area contributed by atoms with Gasteiger partial charge in [0, 0.05) is 11.0 Å². The van der Waals surface area contributed by atoms with Gasteiger partial charge in [0.2, 0.25) is 0 Å². The number of hydrogen-bond acceptors (Lipinski definition) is 2. The minimum atomic E-state index is -4.41. The second-order valence-electron chi connectivity index (χ2n) is 2.99. The Hall–Kier alpha value is -0.590. The number of halogens is 4. The van der Waals surface area contributed by atoms with E-state index in [4.69, 9.17) is 5.73 Å². The van der Waals surface area contributed by atoms with E-state index in [1.54, 1.807) is 0 Å². The number of rotatable bonds is 2. The fraction of sp³-hybridized carbons (Fsp3) is 0.333. The van der Waals surface area contributed by atoms with Crippen LogP contribution in [0.15, 0.2) is 22.7 Å². The smallest absolute Gasteiger partial charge is 0.387 e. The highest BCUT2D eigenvalue weighted by Gasteiger charge is 2.31. The molecule has 15 heavy (non-hydrogen) atoms. The van der Waals surface area contributed by atoms with Gasteiger partial charge in [-0.15, -0.1) is 0 Å². The Morgan fingerprint density at radius 2 is 2.00 bits per heavy atom. The van der Waals surface area contributed by atoms with Gasteiger partial charge in [0.15, 0.2) is 0 Å². The summed E-state index contributed by atoms with van der Waals surface area (Å²) in [5.74, 6) is 0. The van der Waals surface area contributed by atoms with Crippen molar-refractivity contribution in [2.75, 3.05) is 6.54 Å². The normalized spacial score (nSPS) is 14.0. The molecule has 0 bridgehead atoms. The molecule has 84 valence electrons. The van der Waals surface area contributed by atoms with Gasteiger partial charge in [-0.2, -0.15) is 13.2 Å². The molecule has 0 radical (unpaired) electrons. The van der Waals surface area contributed by atoms with Crippen molar-refractivity contribution in [1.82, 2.24) is 0 Å². The molecule has 0 saturated heterocycles. The zero-order chi connectivity index (χ0) is 11.6. The van der Waals surface area contributed by atoms with Gasteiger partial charge in [0.1, 0.15) is 0 Å². The van der Waals surface area contributed by atoms with Crippen molar-refractivity contribution in [3.63, 3.8) is 0 Å². The van der Waals surface area contributed by atoms with E-state index in [2.05, 4.69) is 15.9 Å². The zero-order valence-electron chi connectivity index (χ0n) is 7.55. The molecular weight excluding hydrogens is 275 g/mol. The maximum absolute atomic E-state index is 12.3. The minimum Gasteiger partial charge on any atom is -0.387 e. The first-order valence-electron chi connectivity index (χ1n) is 4.11. The third kappa shape index (κ3) is 2.93. The number of hydrogen-bond donors (Lipinski definition) is 2. The molecule has 0 unspecified atom stereocenters. The summed E-state index contributed by atoms with van der Waals surface area (Å²) in [6, 6.07) is 3.08.